The van der Waals surface area contributed by atoms with Gasteiger partial charge in [-0.15, -0.1) is 5.10 Å². The standard InChI is InChI=1S/C16H13ClF4N6O/c1-9-4-13(16(19,20)21)27(24-9)7-14(28)23-15-22-8-26(25-15)6-10-2-3-11(18)5-12(10)17/h2-5,8H,6-7H2,1H3,(H,23,25,28). The Morgan fingerprint density at radius 2 is 2.00 bits per heavy atom. The second-order valence-corrected chi connectivity index (χ2v) is 6.28. The maximum Gasteiger partial charge on any atom is 0.433 e. The molecule has 2 heterocycles. The number of amides is 1. The Bertz CT molecular complexity index is 1010. The molecule has 1 amide bonds. The number of rotatable bonds is 5. The van der Waals surface area contributed by atoms with Crippen LogP contribution in [0.3, 0.4) is 0 Å². The highest BCUT2D eigenvalue weighted by Crippen LogP contribution is 2.29. The largest absolute Gasteiger partial charge is 0.433 e. The summed E-state index contributed by atoms with van der Waals surface area (Å²) in [7, 11) is 0. The van der Waals surface area contributed by atoms with Crippen LogP contribution in [0.1, 0.15) is 17.0 Å². The third kappa shape index (κ3) is 4.66. The number of hydrogen-bond acceptors (Lipinski definition) is 4. The van der Waals surface area contributed by atoms with Crippen molar-refractivity contribution in [3.63, 3.8) is 0 Å². The molecule has 2 aromatic heterocycles. The molecular weight excluding hydrogens is 404 g/mol. The SMILES string of the molecule is Cc1cc(C(F)(F)F)n(CC(=O)Nc2ncn(Cc3ccc(F)cc3Cl)n2)n1. The summed E-state index contributed by atoms with van der Waals surface area (Å²) < 4.78 is 53.8. The molecule has 0 saturated heterocycles. The van der Waals surface area contributed by atoms with Crippen molar-refractivity contribution in [2.45, 2.75) is 26.2 Å². The van der Waals surface area contributed by atoms with E-state index in [1.165, 1.54) is 30.1 Å². The number of benzene rings is 1. The lowest BCUT2D eigenvalue weighted by atomic mass is 10.2. The van der Waals surface area contributed by atoms with Gasteiger partial charge in [-0.3, -0.25) is 14.8 Å². The Balaban J connectivity index is 1.66. The molecule has 0 bridgehead atoms. The van der Waals surface area contributed by atoms with Gasteiger partial charge >= 0.3 is 6.18 Å². The molecule has 0 unspecified atom stereocenters. The van der Waals surface area contributed by atoms with Gasteiger partial charge in [0.2, 0.25) is 11.9 Å². The molecule has 3 rings (SSSR count). The van der Waals surface area contributed by atoms with E-state index in [9.17, 15) is 22.4 Å². The third-order valence-corrected chi connectivity index (χ3v) is 3.97. The Kier molecular flexibility index (Phi) is 5.36. The van der Waals surface area contributed by atoms with E-state index in [2.05, 4.69) is 20.5 Å². The van der Waals surface area contributed by atoms with Crippen molar-refractivity contribution in [3.05, 3.63) is 58.4 Å². The molecular formula is C16H13ClF4N6O. The number of aromatic nitrogens is 5. The maximum atomic E-state index is 13.1. The molecule has 0 atom stereocenters. The van der Waals surface area contributed by atoms with Gasteiger partial charge in [-0.2, -0.15) is 18.3 Å². The quantitative estimate of drug-likeness (QED) is 0.647. The highest BCUT2D eigenvalue weighted by Gasteiger charge is 2.35. The fourth-order valence-corrected chi connectivity index (χ4v) is 2.67. The molecule has 1 aromatic carbocycles. The molecule has 7 nitrogen and oxygen atoms in total. The minimum atomic E-state index is -4.63. The molecule has 0 fully saturated rings. The van der Waals surface area contributed by atoms with E-state index in [0.717, 1.165) is 12.1 Å². The molecule has 3 aromatic rings. The number of nitrogens with one attached hydrogen (secondary N) is 1. The van der Waals surface area contributed by atoms with Crippen LogP contribution in [0, 0.1) is 12.7 Å². The predicted octanol–water partition coefficient (Wildman–Crippen LogP) is 3.28. The third-order valence-electron chi connectivity index (χ3n) is 3.62. The first-order chi connectivity index (χ1) is 13.1. The highest BCUT2D eigenvalue weighted by atomic mass is 35.5. The number of alkyl halides is 3. The van der Waals surface area contributed by atoms with Gasteiger partial charge in [-0.1, -0.05) is 17.7 Å². The first-order valence-electron chi connectivity index (χ1n) is 7.86. The average molecular weight is 417 g/mol. The van der Waals surface area contributed by atoms with Crippen molar-refractivity contribution in [1.29, 1.82) is 0 Å². The van der Waals surface area contributed by atoms with Gasteiger partial charge in [0.05, 0.1) is 12.2 Å². The van der Waals surface area contributed by atoms with Crippen molar-refractivity contribution in [1.82, 2.24) is 24.5 Å². The second-order valence-electron chi connectivity index (χ2n) is 5.88. The summed E-state index contributed by atoms with van der Waals surface area (Å²) >= 11 is 5.94. The van der Waals surface area contributed by atoms with Crippen LogP contribution < -0.4 is 5.32 Å². The van der Waals surface area contributed by atoms with Crippen LogP contribution >= 0.6 is 11.6 Å². The average Bonchev–Trinajstić information content (AvgIpc) is 3.16. The van der Waals surface area contributed by atoms with E-state index >= 15 is 0 Å². The lowest BCUT2D eigenvalue weighted by Crippen LogP contribution is -2.24. The smallest absolute Gasteiger partial charge is 0.292 e. The topological polar surface area (TPSA) is 77.6 Å². The van der Waals surface area contributed by atoms with Crippen molar-refractivity contribution in [2.24, 2.45) is 0 Å². The van der Waals surface area contributed by atoms with Gasteiger partial charge in [-0.25, -0.2) is 14.1 Å². The first-order valence-corrected chi connectivity index (χ1v) is 8.24. The van der Waals surface area contributed by atoms with Crippen LogP contribution in [0.25, 0.3) is 0 Å². The lowest BCUT2D eigenvalue weighted by Gasteiger charge is -2.09. The van der Waals surface area contributed by atoms with Gasteiger partial charge in [0.25, 0.3) is 0 Å². The number of aryl methyl sites for hydroxylation is 1. The molecule has 12 heteroatoms. The second kappa shape index (κ2) is 7.58. The number of carbonyl (C=O) groups excluding carboxylic acids is 1. The van der Waals surface area contributed by atoms with Crippen molar-refractivity contribution >= 4 is 23.5 Å². The molecule has 0 spiro atoms. The molecule has 0 saturated carbocycles. The summed E-state index contributed by atoms with van der Waals surface area (Å²) in [5.74, 6) is -1.35. The van der Waals surface area contributed by atoms with E-state index in [-0.39, 0.29) is 23.2 Å². The van der Waals surface area contributed by atoms with Crippen molar-refractivity contribution in [3.8, 4) is 0 Å². The van der Waals surface area contributed by atoms with Gasteiger partial charge < -0.3 is 0 Å². The number of anilines is 1. The number of carbonyl (C=O) groups is 1. The minimum Gasteiger partial charge on any atom is -0.292 e. The summed E-state index contributed by atoms with van der Waals surface area (Å²) in [5, 5.41) is 10.2. The van der Waals surface area contributed by atoms with E-state index in [0.29, 0.717) is 10.2 Å². The van der Waals surface area contributed by atoms with Crippen LogP contribution in [0.2, 0.25) is 5.02 Å². The summed E-state index contributed by atoms with van der Waals surface area (Å²) in [6, 6.07) is 4.73. The molecule has 0 aliphatic carbocycles. The number of nitrogens with zero attached hydrogens (tertiary/aromatic N) is 5. The van der Waals surface area contributed by atoms with E-state index in [1.807, 2.05) is 0 Å². The minimum absolute atomic E-state index is 0.0966. The molecule has 0 aliphatic rings. The zero-order chi connectivity index (χ0) is 20.5. The number of hydrogen-bond donors (Lipinski definition) is 1. The van der Waals surface area contributed by atoms with Crippen LogP contribution in [0.5, 0.6) is 0 Å². The maximum absolute atomic E-state index is 13.1. The van der Waals surface area contributed by atoms with Gasteiger partial charge in [0, 0.05) is 5.02 Å². The van der Waals surface area contributed by atoms with Crippen LogP contribution in [0.4, 0.5) is 23.5 Å². The Hall–Kier alpha value is -2.95. The summed E-state index contributed by atoms with van der Waals surface area (Å²) in [6.07, 6.45) is -3.33. The molecule has 148 valence electrons. The van der Waals surface area contributed by atoms with Crippen LogP contribution in [-0.2, 0) is 24.1 Å². The number of halogens is 5. The summed E-state index contributed by atoms with van der Waals surface area (Å²) in [5.41, 5.74) is -0.309. The van der Waals surface area contributed by atoms with E-state index in [1.54, 1.807) is 0 Å². The van der Waals surface area contributed by atoms with E-state index < -0.39 is 30.1 Å². The normalized spacial score (nSPS) is 11.6. The van der Waals surface area contributed by atoms with Crippen LogP contribution in [-0.4, -0.2) is 30.5 Å². The van der Waals surface area contributed by atoms with Crippen molar-refractivity contribution in [2.75, 3.05) is 5.32 Å². The van der Waals surface area contributed by atoms with Gasteiger partial charge in [0.1, 0.15) is 24.4 Å². The Labute approximate surface area is 160 Å². The lowest BCUT2D eigenvalue weighted by molar-refractivity contribution is -0.144. The van der Waals surface area contributed by atoms with Crippen LogP contribution in [0.15, 0.2) is 30.6 Å². The molecule has 0 radical (unpaired) electrons. The zero-order valence-corrected chi connectivity index (χ0v) is 15.1. The fourth-order valence-electron chi connectivity index (χ4n) is 2.45. The predicted molar refractivity (Wildman–Crippen MR) is 91.1 cm³/mol. The summed E-state index contributed by atoms with van der Waals surface area (Å²) in [4.78, 5) is 15.9. The highest BCUT2D eigenvalue weighted by molar-refractivity contribution is 6.31. The van der Waals surface area contributed by atoms with Gasteiger partial charge in [-0.05, 0) is 30.7 Å². The Morgan fingerprint density at radius 1 is 1.25 bits per heavy atom. The molecule has 28 heavy (non-hydrogen) atoms. The van der Waals surface area contributed by atoms with Crippen molar-refractivity contribution < 1.29 is 22.4 Å². The monoisotopic (exact) mass is 416 g/mol. The first kappa shape index (κ1) is 19.8. The summed E-state index contributed by atoms with van der Waals surface area (Å²) in [6.45, 7) is 0.910. The fraction of sp³-hybridized carbons (Fsp3) is 0.250. The van der Waals surface area contributed by atoms with Gasteiger partial charge in [0.15, 0.2) is 0 Å². The molecule has 0 aliphatic heterocycles. The Morgan fingerprint density at radius 3 is 2.68 bits per heavy atom. The van der Waals surface area contributed by atoms with E-state index in [4.69, 9.17) is 11.6 Å². The zero-order valence-electron chi connectivity index (χ0n) is 14.3. The molecule has 1 N–H and O–H groups in total.